The average molecular weight is 241 g/mol. The molecule has 0 aliphatic rings. The van der Waals surface area contributed by atoms with E-state index in [2.05, 4.69) is 0 Å². The van der Waals surface area contributed by atoms with Crippen molar-refractivity contribution in [2.24, 2.45) is 0 Å². The van der Waals surface area contributed by atoms with E-state index in [0.717, 1.165) is 9.87 Å². The minimum Gasteiger partial charge on any atom is -0.300 e. The molecule has 0 unspecified atom stereocenters. The van der Waals surface area contributed by atoms with Crippen LogP contribution in [0.2, 0.25) is 0 Å². The zero-order valence-corrected chi connectivity index (χ0v) is 10.4. The van der Waals surface area contributed by atoms with Gasteiger partial charge in [0.2, 0.25) is 10.0 Å². The fourth-order valence-electron chi connectivity index (χ4n) is 1.28. The van der Waals surface area contributed by atoms with Crippen LogP contribution < -0.4 is 0 Å². The largest absolute Gasteiger partial charge is 0.300 e. The molecule has 0 atom stereocenters. The van der Waals surface area contributed by atoms with Gasteiger partial charge in [-0.1, -0.05) is 12.1 Å². The number of nitrogens with zero attached hydrogens (tertiary/aromatic N) is 1. The number of Topliss-reactive ketones (excluding diaryl/α,β-unsaturated/α-hetero) is 1. The zero-order chi connectivity index (χ0) is 12.3. The van der Waals surface area contributed by atoms with E-state index in [0.29, 0.717) is 6.42 Å². The lowest BCUT2D eigenvalue weighted by molar-refractivity contribution is -0.116. The fraction of sp³-hybridized carbons (Fsp3) is 0.364. The van der Waals surface area contributed by atoms with E-state index < -0.39 is 10.0 Å². The molecule has 0 aromatic heterocycles. The molecule has 5 heteroatoms. The maximum absolute atomic E-state index is 11.7. The fourth-order valence-corrected chi connectivity index (χ4v) is 2.18. The normalized spacial score (nSPS) is 11.8. The van der Waals surface area contributed by atoms with E-state index >= 15 is 0 Å². The molecule has 0 spiro atoms. The van der Waals surface area contributed by atoms with Crippen molar-refractivity contribution in [2.75, 3.05) is 14.1 Å². The Bertz CT molecular complexity index is 474. The van der Waals surface area contributed by atoms with Gasteiger partial charge in [0.05, 0.1) is 4.90 Å². The molecule has 4 nitrogen and oxygen atoms in total. The maximum atomic E-state index is 11.7. The number of benzene rings is 1. The molecule has 0 radical (unpaired) electrons. The molecule has 1 aromatic rings. The Morgan fingerprint density at radius 1 is 1.19 bits per heavy atom. The topological polar surface area (TPSA) is 54.5 Å². The van der Waals surface area contributed by atoms with Crippen LogP contribution in [0.4, 0.5) is 0 Å². The number of hydrogen-bond donors (Lipinski definition) is 0. The molecule has 1 aromatic carbocycles. The summed E-state index contributed by atoms with van der Waals surface area (Å²) >= 11 is 0. The predicted octanol–water partition coefficient (Wildman–Crippen LogP) is 1.07. The van der Waals surface area contributed by atoms with E-state index in [1.165, 1.54) is 33.2 Å². The van der Waals surface area contributed by atoms with Gasteiger partial charge in [0, 0.05) is 20.5 Å². The molecule has 0 aliphatic carbocycles. The summed E-state index contributed by atoms with van der Waals surface area (Å²) in [4.78, 5) is 11.1. The molecule has 0 bridgehead atoms. The Labute approximate surface area is 95.9 Å². The van der Waals surface area contributed by atoms with Crippen molar-refractivity contribution in [1.82, 2.24) is 4.31 Å². The number of ketones is 1. The molecular weight excluding hydrogens is 226 g/mol. The maximum Gasteiger partial charge on any atom is 0.242 e. The third kappa shape index (κ3) is 2.90. The number of rotatable bonds is 4. The molecule has 1 rings (SSSR count). The van der Waals surface area contributed by atoms with Crippen molar-refractivity contribution >= 4 is 15.8 Å². The van der Waals surface area contributed by atoms with Crippen LogP contribution >= 0.6 is 0 Å². The Kier molecular flexibility index (Phi) is 3.83. The molecule has 0 amide bonds. The molecule has 88 valence electrons. The lowest BCUT2D eigenvalue weighted by Crippen LogP contribution is -2.22. The zero-order valence-electron chi connectivity index (χ0n) is 9.60. The van der Waals surface area contributed by atoms with Gasteiger partial charge in [-0.05, 0) is 24.6 Å². The molecule has 0 fully saturated rings. The summed E-state index contributed by atoms with van der Waals surface area (Å²) in [5.74, 6) is 0.0585. The Morgan fingerprint density at radius 3 is 2.06 bits per heavy atom. The minimum atomic E-state index is -3.37. The van der Waals surface area contributed by atoms with Crippen LogP contribution in [0.1, 0.15) is 12.5 Å². The van der Waals surface area contributed by atoms with Crippen molar-refractivity contribution in [1.29, 1.82) is 0 Å². The highest BCUT2D eigenvalue weighted by Gasteiger charge is 2.16. The Balaban J connectivity index is 3.00. The second-order valence-corrected chi connectivity index (χ2v) is 5.96. The molecule has 0 saturated heterocycles. The second-order valence-electron chi connectivity index (χ2n) is 3.81. The first-order valence-corrected chi connectivity index (χ1v) is 6.29. The predicted molar refractivity (Wildman–Crippen MR) is 61.7 cm³/mol. The molecule has 0 aliphatic heterocycles. The van der Waals surface area contributed by atoms with Gasteiger partial charge in [-0.25, -0.2) is 12.7 Å². The number of sulfonamides is 1. The summed E-state index contributed by atoms with van der Waals surface area (Å²) in [5.41, 5.74) is 0.824. The Hall–Kier alpha value is -1.20. The van der Waals surface area contributed by atoms with Crippen LogP contribution in [0.5, 0.6) is 0 Å². The number of hydrogen-bond acceptors (Lipinski definition) is 3. The van der Waals surface area contributed by atoms with Gasteiger partial charge < -0.3 is 0 Å². The lowest BCUT2D eigenvalue weighted by atomic mass is 10.1. The van der Waals surface area contributed by atoms with Crippen LogP contribution in [0.3, 0.4) is 0 Å². The Morgan fingerprint density at radius 2 is 1.69 bits per heavy atom. The summed E-state index contributed by atoms with van der Waals surface area (Å²) < 4.78 is 24.6. The van der Waals surface area contributed by atoms with E-state index in [4.69, 9.17) is 0 Å². The van der Waals surface area contributed by atoms with Crippen molar-refractivity contribution in [3.05, 3.63) is 29.8 Å². The smallest absolute Gasteiger partial charge is 0.242 e. The van der Waals surface area contributed by atoms with E-state index in [9.17, 15) is 13.2 Å². The highest BCUT2D eigenvalue weighted by Crippen LogP contribution is 2.14. The summed E-state index contributed by atoms with van der Waals surface area (Å²) in [6.45, 7) is 1.50. The third-order valence-corrected chi connectivity index (χ3v) is 3.98. The van der Waals surface area contributed by atoms with E-state index in [-0.39, 0.29) is 10.7 Å². The summed E-state index contributed by atoms with van der Waals surface area (Å²) in [6, 6.07) is 6.37. The monoisotopic (exact) mass is 241 g/mol. The summed E-state index contributed by atoms with van der Waals surface area (Å²) in [6.07, 6.45) is 0.336. The quantitative estimate of drug-likeness (QED) is 0.792. The standard InChI is InChI=1S/C11H15NO3S/c1-9(13)8-10-4-6-11(7-5-10)16(14,15)12(2)3/h4-7H,8H2,1-3H3. The van der Waals surface area contributed by atoms with Crippen molar-refractivity contribution in [3.8, 4) is 0 Å². The van der Waals surface area contributed by atoms with Crippen molar-refractivity contribution < 1.29 is 13.2 Å². The third-order valence-electron chi connectivity index (χ3n) is 2.15. The van der Waals surface area contributed by atoms with Crippen LogP contribution in [0.15, 0.2) is 29.2 Å². The molecule has 0 N–H and O–H groups in total. The van der Waals surface area contributed by atoms with Gasteiger partial charge >= 0.3 is 0 Å². The van der Waals surface area contributed by atoms with Crippen LogP contribution in [-0.4, -0.2) is 32.6 Å². The summed E-state index contributed by atoms with van der Waals surface area (Å²) in [5, 5.41) is 0. The molecule has 0 saturated carbocycles. The SMILES string of the molecule is CC(=O)Cc1ccc(S(=O)(=O)N(C)C)cc1. The molecule has 0 heterocycles. The molecule has 16 heavy (non-hydrogen) atoms. The van der Waals surface area contributed by atoms with E-state index in [1.807, 2.05) is 0 Å². The van der Waals surface area contributed by atoms with Crippen molar-refractivity contribution in [3.63, 3.8) is 0 Å². The van der Waals surface area contributed by atoms with Gasteiger partial charge in [0.25, 0.3) is 0 Å². The highest BCUT2D eigenvalue weighted by molar-refractivity contribution is 7.89. The van der Waals surface area contributed by atoms with Gasteiger partial charge in [-0.15, -0.1) is 0 Å². The number of carbonyl (C=O) groups excluding carboxylic acids is 1. The lowest BCUT2D eigenvalue weighted by Gasteiger charge is -2.11. The van der Waals surface area contributed by atoms with Gasteiger partial charge in [0.1, 0.15) is 5.78 Å². The first-order chi connectivity index (χ1) is 7.34. The van der Waals surface area contributed by atoms with Gasteiger partial charge in [0.15, 0.2) is 0 Å². The van der Waals surface area contributed by atoms with Crippen LogP contribution in [-0.2, 0) is 21.2 Å². The highest BCUT2D eigenvalue weighted by atomic mass is 32.2. The first kappa shape index (κ1) is 12.9. The second kappa shape index (κ2) is 4.76. The van der Waals surface area contributed by atoms with Gasteiger partial charge in [-0.3, -0.25) is 4.79 Å². The molecular formula is C11H15NO3S. The minimum absolute atomic E-state index is 0.0585. The van der Waals surface area contributed by atoms with Crippen LogP contribution in [0, 0.1) is 0 Å². The first-order valence-electron chi connectivity index (χ1n) is 4.85. The van der Waals surface area contributed by atoms with Crippen LogP contribution in [0.25, 0.3) is 0 Å². The number of carbonyl (C=O) groups is 1. The summed E-state index contributed by atoms with van der Waals surface area (Å²) in [7, 11) is -0.404. The average Bonchev–Trinajstić information content (AvgIpc) is 2.17. The van der Waals surface area contributed by atoms with Crippen molar-refractivity contribution in [2.45, 2.75) is 18.2 Å². The van der Waals surface area contributed by atoms with E-state index in [1.54, 1.807) is 12.1 Å². The van der Waals surface area contributed by atoms with Gasteiger partial charge in [-0.2, -0.15) is 0 Å².